The lowest BCUT2D eigenvalue weighted by Gasteiger charge is -2.06. The van der Waals surface area contributed by atoms with Crippen LogP contribution in [0.4, 0.5) is 4.39 Å². The highest BCUT2D eigenvalue weighted by Crippen LogP contribution is 2.14. The number of rotatable bonds is 3. The summed E-state index contributed by atoms with van der Waals surface area (Å²) >= 11 is 0. The number of para-hydroxylation sites is 1. The summed E-state index contributed by atoms with van der Waals surface area (Å²) in [6, 6.07) is 6.30. The summed E-state index contributed by atoms with van der Waals surface area (Å²) in [7, 11) is 0. The molecule has 2 rings (SSSR count). The largest absolute Gasteiger partial charge is 0.330 e. The van der Waals surface area contributed by atoms with Crippen molar-refractivity contribution < 1.29 is 4.39 Å². The normalized spacial score (nSPS) is 10.8. The molecule has 90 valence electrons. The van der Waals surface area contributed by atoms with Crippen LogP contribution in [0.3, 0.4) is 0 Å². The number of nitrogens with two attached hydrogens (primary N) is 1. The topological polar surface area (TPSA) is 63.8 Å². The van der Waals surface area contributed by atoms with E-state index in [2.05, 4.69) is 5.10 Å². The summed E-state index contributed by atoms with van der Waals surface area (Å²) < 4.78 is 15.1. The third-order valence-corrected chi connectivity index (χ3v) is 2.75. The molecule has 0 saturated heterocycles. The molecule has 0 aliphatic carbocycles. The van der Waals surface area contributed by atoms with Crippen LogP contribution >= 0.6 is 0 Å². The molecule has 0 unspecified atom stereocenters. The Bertz CT molecular complexity index is 586. The van der Waals surface area contributed by atoms with Gasteiger partial charge in [-0.1, -0.05) is 12.1 Å². The van der Waals surface area contributed by atoms with Gasteiger partial charge in [0.1, 0.15) is 5.82 Å². The zero-order chi connectivity index (χ0) is 12.4. The molecule has 0 amide bonds. The smallest absolute Gasteiger partial charge is 0.267 e. The van der Waals surface area contributed by atoms with Crippen molar-refractivity contribution in [2.24, 2.45) is 5.73 Å². The Morgan fingerprint density at radius 3 is 2.76 bits per heavy atom. The van der Waals surface area contributed by atoms with E-state index >= 15 is 0 Å². The van der Waals surface area contributed by atoms with Crippen molar-refractivity contribution in [1.29, 1.82) is 0 Å². The molecule has 1 aromatic heterocycles. The van der Waals surface area contributed by atoms with Crippen molar-refractivity contribution >= 4 is 0 Å². The average Bonchev–Trinajstić information content (AvgIpc) is 2.58. The van der Waals surface area contributed by atoms with Gasteiger partial charge < -0.3 is 5.73 Å². The first-order chi connectivity index (χ1) is 8.15. The zero-order valence-corrected chi connectivity index (χ0v) is 9.53. The second-order valence-corrected chi connectivity index (χ2v) is 3.83. The lowest BCUT2D eigenvalue weighted by atomic mass is 10.2. The molecule has 0 aliphatic rings. The standard InChI is InChI=1S/C12H14FN3O/c1-8-9(6-7-14)12(17)15-16(8)11-5-3-2-4-10(11)13/h2-5H,6-7,14H2,1H3,(H,15,17). The van der Waals surface area contributed by atoms with E-state index in [1.165, 1.54) is 10.7 Å². The van der Waals surface area contributed by atoms with E-state index in [-0.39, 0.29) is 11.4 Å². The maximum atomic E-state index is 13.6. The summed E-state index contributed by atoms with van der Waals surface area (Å²) in [6.07, 6.45) is 0.489. The van der Waals surface area contributed by atoms with E-state index in [0.717, 1.165) is 0 Å². The second kappa shape index (κ2) is 4.55. The molecule has 17 heavy (non-hydrogen) atoms. The van der Waals surface area contributed by atoms with Crippen molar-refractivity contribution in [3.05, 3.63) is 51.7 Å². The number of hydrogen-bond donors (Lipinski definition) is 2. The van der Waals surface area contributed by atoms with Gasteiger partial charge in [-0.3, -0.25) is 14.6 Å². The second-order valence-electron chi connectivity index (χ2n) is 3.83. The fraction of sp³-hybridized carbons (Fsp3) is 0.250. The molecule has 4 nitrogen and oxygen atoms in total. The molecule has 0 radical (unpaired) electrons. The van der Waals surface area contributed by atoms with Crippen molar-refractivity contribution in [2.45, 2.75) is 13.3 Å². The highest BCUT2D eigenvalue weighted by Gasteiger charge is 2.13. The van der Waals surface area contributed by atoms with Crippen LogP contribution in [0, 0.1) is 12.7 Å². The van der Waals surface area contributed by atoms with Gasteiger partial charge in [0, 0.05) is 11.3 Å². The maximum Gasteiger partial charge on any atom is 0.267 e. The van der Waals surface area contributed by atoms with Crippen LogP contribution in [-0.2, 0) is 6.42 Å². The van der Waals surface area contributed by atoms with Gasteiger partial charge >= 0.3 is 0 Å². The molecule has 5 heteroatoms. The Morgan fingerprint density at radius 1 is 1.41 bits per heavy atom. The zero-order valence-electron chi connectivity index (χ0n) is 9.53. The van der Waals surface area contributed by atoms with E-state index in [1.807, 2.05) is 0 Å². The van der Waals surface area contributed by atoms with E-state index in [1.54, 1.807) is 25.1 Å². The van der Waals surface area contributed by atoms with Crippen molar-refractivity contribution in [2.75, 3.05) is 6.54 Å². The number of nitrogens with zero attached hydrogens (tertiary/aromatic N) is 1. The number of benzene rings is 1. The molecule has 0 fully saturated rings. The molecular formula is C12H14FN3O. The lowest BCUT2D eigenvalue weighted by molar-refractivity contribution is 0.608. The predicted octanol–water partition coefficient (Wildman–Crippen LogP) is 1.11. The van der Waals surface area contributed by atoms with Crippen LogP contribution in [0.2, 0.25) is 0 Å². The SMILES string of the molecule is Cc1c(CCN)c(=O)[nH]n1-c1ccccc1F. The van der Waals surface area contributed by atoms with Crippen LogP contribution in [0.15, 0.2) is 29.1 Å². The average molecular weight is 235 g/mol. The summed E-state index contributed by atoms with van der Waals surface area (Å²) in [5, 5.41) is 2.62. The molecule has 1 heterocycles. The Kier molecular flexibility index (Phi) is 3.10. The van der Waals surface area contributed by atoms with Gasteiger partial charge in [-0.05, 0) is 32.0 Å². The molecule has 1 aromatic carbocycles. The molecule has 3 N–H and O–H groups in total. The Labute approximate surface area is 97.9 Å². The van der Waals surface area contributed by atoms with Gasteiger partial charge in [0.15, 0.2) is 0 Å². The Hall–Kier alpha value is -1.88. The number of halogens is 1. The Balaban J connectivity index is 2.58. The summed E-state index contributed by atoms with van der Waals surface area (Å²) in [5.74, 6) is -0.374. The lowest BCUT2D eigenvalue weighted by Crippen LogP contribution is -2.12. The summed E-state index contributed by atoms with van der Waals surface area (Å²) in [6.45, 7) is 2.17. The van der Waals surface area contributed by atoms with E-state index in [9.17, 15) is 9.18 Å². The molecule has 0 aliphatic heterocycles. The minimum atomic E-state index is -0.374. The first-order valence-electron chi connectivity index (χ1n) is 5.40. The Morgan fingerprint density at radius 2 is 2.12 bits per heavy atom. The van der Waals surface area contributed by atoms with Crippen LogP contribution in [0.1, 0.15) is 11.3 Å². The molecule has 2 aromatic rings. The number of hydrogen-bond acceptors (Lipinski definition) is 2. The van der Waals surface area contributed by atoms with E-state index in [4.69, 9.17) is 5.73 Å². The third-order valence-electron chi connectivity index (χ3n) is 2.75. The number of aromatic nitrogens is 2. The number of aromatic amines is 1. The first kappa shape index (κ1) is 11.6. The summed E-state index contributed by atoms with van der Waals surface area (Å²) in [4.78, 5) is 11.7. The van der Waals surface area contributed by atoms with E-state index < -0.39 is 0 Å². The van der Waals surface area contributed by atoms with Crippen LogP contribution in [0.5, 0.6) is 0 Å². The molecule has 0 spiro atoms. The highest BCUT2D eigenvalue weighted by molar-refractivity contribution is 5.36. The minimum absolute atomic E-state index is 0.212. The fourth-order valence-electron chi connectivity index (χ4n) is 1.86. The van der Waals surface area contributed by atoms with E-state index in [0.29, 0.717) is 29.9 Å². The molecule has 0 bridgehead atoms. The minimum Gasteiger partial charge on any atom is -0.330 e. The van der Waals surface area contributed by atoms with Crippen LogP contribution in [-0.4, -0.2) is 16.3 Å². The fourth-order valence-corrected chi connectivity index (χ4v) is 1.86. The van der Waals surface area contributed by atoms with Gasteiger partial charge in [-0.2, -0.15) is 0 Å². The third kappa shape index (κ3) is 2.01. The molecular weight excluding hydrogens is 221 g/mol. The van der Waals surface area contributed by atoms with Gasteiger partial charge in [-0.15, -0.1) is 0 Å². The maximum absolute atomic E-state index is 13.6. The summed E-state index contributed by atoms with van der Waals surface area (Å²) in [5.41, 5.74) is 6.87. The van der Waals surface area contributed by atoms with Crippen LogP contribution < -0.4 is 11.3 Å². The van der Waals surface area contributed by atoms with Gasteiger partial charge in [0.25, 0.3) is 5.56 Å². The first-order valence-corrected chi connectivity index (χ1v) is 5.40. The predicted molar refractivity (Wildman–Crippen MR) is 63.8 cm³/mol. The quantitative estimate of drug-likeness (QED) is 0.837. The molecule has 0 atom stereocenters. The molecule has 0 saturated carbocycles. The van der Waals surface area contributed by atoms with Gasteiger partial charge in [-0.25, -0.2) is 4.39 Å². The highest BCUT2D eigenvalue weighted by atomic mass is 19.1. The monoisotopic (exact) mass is 235 g/mol. The number of H-pyrrole nitrogens is 1. The number of nitrogens with one attached hydrogen (secondary N) is 1. The van der Waals surface area contributed by atoms with Gasteiger partial charge in [0.2, 0.25) is 0 Å². The van der Waals surface area contributed by atoms with Crippen molar-refractivity contribution in [3.8, 4) is 5.69 Å². The van der Waals surface area contributed by atoms with Crippen molar-refractivity contribution in [3.63, 3.8) is 0 Å². The van der Waals surface area contributed by atoms with Crippen molar-refractivity contribution in [1.82, 2.24) is 9.78 Å². The van der Waals surface area contributed by atoms with Gasteiger partial charge in [0.05, 0.1) is 5.69 Å². The van der Waals surface area contributed by atoms with Crippen LogP contribution in [0.25, 0.3) is 5.69 Å².